The molecule has 1 amide bonds. The first-order chi connectivity index (χ1) is 13.3. The topological polar surface area (TPSA) is 84.5 Å². The Morgan fingerprint density at radius 1 is 0.893 bits per heavy atom. The van der Waals surface area contributed by atoms with E-state index in [9.17, 15) is 13.2 Å². The van der Waals surface area contributed by atoms with Gasteiger partial charge in [0.05, 0.1) is 16.8 Å². The standard InChI is InChI=1S/C20H17ClN2O4S/c1-28(25,26)23-15-9-12-18(19(21)13-15)20(24)22-14-7-10-17(11-8-14)27-16-5-3-2-4-6-16/h2-13,23H,1H3,(H,22,24). The average molecular weight is 417 g/mol. The van der Waals surface area contributed by atoms with E-state index in [1.165, 1.54) is 18.2 Å². The number of ether oxygens (including phenoxy) is 1. The predicted octanol–water partition coefficient (Wildman–Crippen LogP) is 4.76. The molecule has 0 radical (unpaired) electrons. The van der Waals surface area contributed by atoms with E-state index in [2.05, 4.69) is 10.0 Å². The van der Waals surface area contributed by atoms with Crippen LogP contribution in [0.5, 0.6) is 11.5 Å². The van der Waals surface area contributed by atoms with Gasteiger partial charge in [-0.1, -0.05) is 29.8 Å². The Balaban J connectivity index is 1.67. The lowest BCUT2D eigenvalue weighted by Crippen LogP contribution is -2.13. The molecule has 0 bridgehead atoms. The van der Waals surface area contributed by atoms with Gasteiger partial charge >= 0.3 is 0 Å². The van der Waals surface area contributed by atoms with Crippen molar-refractivity contribution in [3.8, 4) is 11.5 Å². The molecule has 0 spiro atoms. The third kappa shape index (κ3) is 5.48. The second kappa shape index (κ2) is 8.33. The highest BCUT2D eigenvalue weighted by atomic mass is 35.5. The number of nitrogens with one attached hydrogen (secondary N) is 2. The van der Waals surface area contributed by atoms with Gasteiger partial charge in [0, 0.05) is 11.4 Å². The Morgan fingerprint density at radius 3 is 2.11 bits per heavy atom. The van der Waals surface area contributed by atoms with Crippen LogP contribution < -0.4 is 14.8 Å². The van der Waals surface area contributed by atoms with Gasteiger partial charge in [0.15, 0.2) is 0 Å². The highest BCUT2D eigenvalue weighted by molar-refractivity contribution is 7.92. The first-order valence-electron chi connectivity index (χ1n) is 8.22. The van der Waals surface area contributed by atoms with E-state index in [1.54, 1.807) is 24.3 Å². The molecule has 0 unspecified atom stereocenters. The summed E-state index contributed by atoms with van der Waals surface area (Å²) in [5.74, 6) is 0.944. The van der Waals surface area contributed by atoms with Crippen molar-refractivity contribution in [3.05, 3.63) is 83.4 Å². The van der Waals surface area contributed by atoms with Crippen LogP contribution in [0.1, 0.15) is 10.4 Å². The van der Waals surface area contributed by atoms with E-state index in [-0.39, 0.29) is 16.3 Å². The monoisotopic (exact) mass is 416 g/mol. The minimum absolute atomic E-state index is 0.134. The lowest BCUT2D eigenvalue weighted by molar-refractivity contribution is 0.102. The van der Waals surface area contributed by atoms with E-state index < -0.39 is 15.9 Å². The fourth-order valence-corrected chi connectivity index (χ4v) is 3.23. The Bertz CT molecular complexity index is 1080. The molecule has 3 aromatic rings. The molecule has 28 heavy (non-hydrogen) atoms. The molecular formula is C20H17ClN2O4S. The van der Waals surface area contributed by atoms with Crippen LogP contribution in [-0.2, 0) is 10.0 Å². The molecule has 3 rings (SSSR count). The third-order valence-electron chi connectivity index (χ3n) is 3.61. The lowest BCUT2D eigenvalue weighted by atomic mass is 10.2. The van der Waals surface area contributed by atoms with Gasteiger partial charge in [-0.3, -0.25) is 9.52 Å². The second-order valence-electron chi connectivity index (χ2n) is 5.96. The Kier molecular flexibility index (Phi) is 5.87. The van der Waals surface area contributed by atoms with Crippen molar-refractivity contribution >= 4 is 38.9 Å². The smallest absolute Gasteiger partial charge is 0.257 e. The fraction of sp³-hybridized carbons (Fsp3) is 0.0500. The lowest BCUT2D eigenvalue weighted by Gasteiger charge is -2.10. The number of anilines is 2. The van der Waals surface area contributed by atoms with Crippen LogP contribution in [0.15, 0.2) is 72.8 Å². The minimum Gasteiger partial charge on any atom is -0.457 e. The van der Waals surface area contributed by atoms with E-state index in [0.717, 1.165) is 6.26 Å². The van der Waals surface area contributed by atoms with Crippen LogP contribution in [0.2, 0.25) is 5.02 Å². The number of halogens is 1. The molecule has 2 N–H and O–H groups in total. The summed E-state index contributed by atoms with van der Waals surface area (Å²) in [6.07, 6.45) is 1.03. The van der Waals surface area contributed by atoms with Gasteiger partial charge in [-0.05, 0) is 54.6 Å². The van der Waals surface area contributed by atoms with Gasteiger partial charge in [-0.15, -0.1) is 0 Å². The van der Waals surface area contributed by atoms with Gasteiger partial charge in [0.25, 0.3) is 5.91 Å². The maximum absolute atomic E-state index is 12.4. The van der Waals surface area contributed by atoms with Crippen molar-refractivity contribution in [2.45, 2.75) is 0 Å². The highest BCUT2D eigenvalue weighted by Gasteiger charge is 2.12. The molecule has 0 aliphatic carbocycles. The molecule has 0 aromatic heterocycles. The summed E-state index contributed by atoms with van der Waals surface area (Å²) in [5.41, 5.74) is 1.08. The summed E-state index contributed by atoms with van der Waals surface area (Å²) in [4.78, 5) is 12.4. The molecular weight excluding hydrogens is 400 g/mol. The second-order valence-corrected chi connectivity index (χ2v) is 8.12. The van der Waals surface area contributed by atoms with Crippen molar-refractivity contribution in [1.29, 1.82) is 0 Å². The summed E-state index contributed by atoms with van der Waals surface area (Å²) in [7, 11) is -3.42. The number of rotatable bonds is 6. The maximum atomic E-state index is 12.4. The van der Waals surface area contributed by atoms with Crippen LogP contribution in [0.25, 0.3) is 0 Å². The third-order valence-corrected chi connectivity index (χ3v) is 4.53. The number of carbonyl (C=O) groups is 1. The van der Waals surface area contributed by atoms with Gasteiger partial charge in [0.1, 0.15) is 11.5 Å². The molecule has 0 aliphatic heterocycles. The van der Waals surface area contributed by atoms with Crippen LogP contribution in [0.4, 0.5) is 11.4 Å². The Labute approximate surface area is 168 Å². The van der Waals surface area contributed by atoms with E-state index >= 15 is 0 Å². The number of hydrogen-bond acceptors (Lipinski definition) is 4. The summed E-state index contributed by atoms with van der Waals surface area (Å²) in [5, 5.41) is 2.87. The van der Waals surface area contributed by atoms with Crippen molar-refractivity contribution in [1.82, 2.24) is 0 Å². The first-order valence-corrected chi connectivity index (χ1v) is 10.5. The largest absolute Gasteiger partial charge is 0.457 e. The molecule has 3 aromatic carbocycles. The van der Waals surface area contributed by atoms with Crippen LogP contribution >= 0.6 is 11.6 Å². The zero-order valence-electron chi connectivity index (χ0n) is 14.8. The van der Waals surface area contributed by atoms with E-state index in [0.29, 0.717) is 17.2 Å². The quantitative estimate of drug-likeness (QED) is 0.607. The highest BCUT2D eigenvalue weighted by Crippen LogP contribution is 2.25. The summed E-state index contributed by atoms with van der Waals surface area (Å²) in [6, 6.07) is 20.6. The molecule has 0 fully saturated rings. The fourth-order valence-electron chi connectivity index (χ4n) is 2.41. The zero-order chi connectivity index (χ0) is 20.1. The van der Waals surface area contributed by atoms with Gasteiger partial charge < -0.3 is 10.1 Å². The van der Waals surface area contributed by atoms with E-state index in [4.69, 9.17) is 16.3 Å². The first kappa shape index (κ1) is 19.7. The summed E-state index contributed by atoms with van der Waals surface area (Å²) < 4.78 is 30.6. The SMILES string of the molecule is CS(=O)(=O)Nc1ccc(C(=O)Nc2ccc(Oc3ccccc3)cc2)c(Cl)c1. The molecule has 0 saturated heterocycles. The summed E-state index contributed by atoms with van der Waals surface area (Å²) in [6.45, 7) is 0. The number of sulfonamides is 1. The van der Waals surface area contributed by atoms with Crippen LogP contribution in [-0.4, -0.2) is 20.6 Å². The van der Waals surface area contributed by atoms with Crippen LogP contribution in [0, 0.1) is 0 Å². The van der Waals surface area contributed by atoms with Gasteiger partial charge in [-0.25, -0.2) is 8.42 Å². The Hall–Kier alpha value is -3.03. The number of amides is 1. The number of benzene rings is 3. The van der Waals surface area contributed by atoms with Gasteiger partial charge in [-0.2, -0.15) is 0 Å². The van der Waals surface area contributed by atoms with E-state index in [1.807, 2.05) is 30.3 Å². The molecule has 144 valence electrons. The normalized spacial score (nSPS) is 10.9. The molecule has 0 saturated carbocycles. The molecule has 6 nitrogen and oxygen atoms in total. The molecule has 8 heteroatoms. The summed E-state index contributed by atoms with van der Waals surface area (Å²) >= 11 is 6.12. The zero-order valence-corrected chi connectivity index (χ0v) is 16.4. The molecule has 0 atom stereocenters. The number of carbonyl (C=O) groups excluding carboxylic acids is 1. The minimum atomic E-state index is -3.42. The van der Waals surface area contributed by atoms with Crippen molar-refractivity contribution in [2.75, 3.05) is 16.3 Å². The van der Waals surface area contributed by atoms with Crippen LogP contribution in [0.3, 0.4) is 0 Å². The van der Waals surface area contributed by atoms with Crippen molar-refractivity contribution in [2.24, 2.45) is 0 Å². The number of para-hydroxylation sites is 1. The maximum Gasteiger partial charge on any atom is 0.257 e. The molecule has 0 heterocycles. The van der Waals surface area contributed by atoms with Crippen molar-refractivity contribution < 1.29 is 17.9 Å². The van der Waals surface area contributed by atoms with Gasteiger partial charge in [0.2, 0.25) is 10.0 Å². The predicted molar refractivity (Wildman–Crippen MR) is 111 cm³/mol. The Morgan fingerprint density at radius 2 is 1.50 bits per heavy atom. The molecule has 0 aliphatic rings. The average Bonchev–Trinajstić information content (AvgIpc) is 2.63. The number of hydrogen-bond donors (Lipinski definition) is 2. The van der Waals surface area contributed by atoms with Crippen molar-refractivity contribution in [3.63, 3.8) is 0 Å².